The molecule has 26 heavy (non-hydrogen) atoms. The van der Waals surface area contributed by atoms with Crippen LogP contribution >= 0.6 is 0 Å². The molecule has 0 unspecified atom stereocenters. The minimum absolute atomic E-state index is 0.126. The zero-order valence-corrected chi connectivity index (χ0v) is 15.1. The molecule has 0 aliphatic carbocycles. The zero-order valence-electron chi connectivity index (χ0n) is 15.1. The van der Waals surface area contributed by atoms with E-state index >= 15 is 0 Å². The van der Waals surface area contributed by atoms with Crippen molar-refractivity contribution >= 4 is 5.91 Å². The molecule has 5 heteroatoms. The molecule has 5 nitrogen and oxygen atoms in total. The molecule has 0 radical (unpaired) electrons. The van der Waals surface area contributed by atoms with Gasteiger partial charge >= 0.3 is 0 Å². The van der Waals surface area contributed by atoms with E-state index < -0.39 is 0 Å². The predicted octanol–water partition coefficient (Wildman–Crippen LogP) is 4.44. The number of furan rings is 1. The van der Waals surface area contributed by atoms with E-state index in [-0.39, 0.29) is 17.5 Å². The minimum atomic E-state index is -0.298. The number of aryl methyl sites for hydroxylation is 2. The summed E-state index contributed by atoms with van der Waals surface area (Å²) in [5, 5.41) is 12.6. The Morgan fingerprint density at radius 3 is 2.46 bits per heavy atom. The Labute approximate surface area is 152 Å². The van der Waals surface area contributed by atoms with Crippen LogP contribution in [0.5, 0.6) is 0 Å². The van der Waals surface area contributed by atoms with Gasteiger partial charge in [-0.3, -0.25) is 9.36 Å². The van der Waals surface area contributed by atoms with Crippen LogP contribution in [0.3, 0.4) is 0 Å². The monoisotopic (exact) mass is 347 g/mol. The molecule has 0 spiro atoms. The van der Waals surface area contributed by atoms with Gasteiger partial charge in [-0.15, -0.1) is 0 Å². The van der Waals surface area contributed by atoms with Gasteiger partial charge in [0, 0.05) is 12.4 Å². The van der Waals surface area contributed by atoms with E-state index in [0.717, 1.165) is 12.0 Å². The number of carbonyl (C=O) groups excluding carboxylic acids is 1. The number of nitriles is 1. The van der Waals surface area contributed by atoms with Gasteiger partial charge in [-0.1, -0.05) is 36.8 Å². The molecule has 1 amide bonds. The number of aromatic nitrogens is 1. The predicted molar refractivity (Wildman–Crippen MR) is 99.2 cm³/mol. The first-order valence-corrected chi connectivity index (χ1v) is 8.59. The van der Waals surface area contributed by atoms with Crippen LogP contribution in [0.1, 0.15) is 52.2 Å². The SMILES string of the molecule is CC[C@@H](NC(=O)c1c(C)oc(-n2cccc2)c1C#N)c1ccc(C)cc1. The van der Waals surface area contributed by atoms with Crippen LogP contribution in [0.4, 0.5) is 0 Å². The lowest BCUT2D eigenvalue weighted by Gasteiger charge is -2.17. The second-order valence-electron chi connectivity index (χ2n) is 6.26. The number of carbonyl (C=O) groups is 1. The van der Waals surface area contributed by atoms with Crippen LogP contribution in [-0.4, -0.2) is 10.5 Å². The third-order valence-corrected chi connectivity index (χ3v) is 4.44. The molecular formula is C21H21N3O2. The molecule has 3 aromatic rings. The van der Waals surface area contributed by atoms with Crippen molar-refractivity contribution in [2.75, 3.05) is 0 Å². The van der Waals surface area contributed by atoms with Gasteiger partial charge in [-0.25, -0.2) is 0 Å². The second kappa shape index (κ2) is 7.32. The molecule has 1 N–H and O–H groups in total. The van der Waals surface area contributed by atoms with E-state index in [1.165, 1.54) is 5.56 Å². The fraction of sp³-hybridized carbons (Fsp3) is 0.238. The lowest BCUT2D eigenvalue weighted by molar-refractivity contribution is 0.0934. The van der Waals surface area contributed by atoms with Crippen molar-refractivity contribution in [1.29, 1.82) is 5.26 Å². The van der Waals surface area contributed by atoms with Gasteiger partial charge in [0.05, 0.1) is 6.04 Å². The molecule has 2 heterocycles. The summed E-state index contributed by atoms with van der Waals surface area (Å²) in [7, 11) is 0. The summed E-state index contributed by atoms with van der Waals surface area (Å²) in [5.74, 6) is 0.499. The first-order chi connectivity index (χ1) is 12.5. The lowest BCUT2D eigenvalue weighted by atomic mass is 10.0. The van der Waals surface area contributed by atoms with Crippen molar-refractivity contribution in [3.63, 3.8) is 0 Å². The Morgan fingerprint density at radius 1 is 1.23 bits per heavy atom. The zero-order chi connectivity index (χ0) is 18.7. The summed E-state index contributed by atoms with van der Waals surface area (Å²) >= 11 is 0. The summed E-state index contributed by atoms with van der Waals surface area (Å²) in [6.45, 7) is 5.75. The Balaban J connectivity index is 1.92. The molecule has 0 bridgehead atoms. The highest BCUT2D eigenvalue weighted by Gasteiger charge is 2.26. The maximum atomic E-state index is 12.9. The van der Waals surface area contributed by atoms with Gasteiger partial charge < -0.3 is 9.73 Å². The Kier molecular flexibility index (Phi) is 4.94. The van der Waals surface area contributed by atoms with E-state index in [9.17, 15) is 10.1 Å². The number of nitrogens with zero attached hydrogens (tertiary/aromatic N) is 2. The van der Waals surface area contributed by atoms with Crippen LogP contribution in [0.15, 0.2) is 53.2 Å². The summed E-state index contributed by atoms with van der Waals surface area (Å²) in [4.78, 5) is 12.9. The topological polar surface area (TPSA) is 71.0 Å². The van der Waals surface area contributed by atoms with Gasteiger partial charge in [0.2, 0.25) is 5.88 Å². The molecule has 0 fully saturated rings. The Bertz CT molecular complexity index is 945. The smallest absolute Gasteiger partial charge is 0.256 e. The molecule has 1 atom stereocenters. The normalized spacial score (nSPS) is 11.8. The highest BCUT2D eigenvalue weighted by atomic mass is 16.4. The number of benzene rings is 1. The van der Waals surface area contributed by atoms with Gasteiger partial charge in [0.15, 0.2) is 0 Å². The Morgan fingerprint density at radius 2 is 1.88 bits per heavy atom. The molecule has 2 aromatic heterocycles. The number of nitrogens with one attached hydrogen (secondary N) is 1. The van der Waals surface area contributed by atoms with Crippen molar-refractivity contribution in [3.05, 3.63) is 76.8 Å². The van der Waals surface area contributed by atoms with Crippen molar-refractivity contribution < 1.29 is 9.21 Å². The highest BCUT2D eigenvalue weighted by molar-refractivity contribution is 5.98. The molecule has 0 aliphatic rings. The van der Waals surface area contributed by atoms with Crippen molar-refractivity contribution in [1.82, 2.24) is 9.88 Å². The average Bonchev–Trinajstić information content (AvgIpc) is 3.27. The summed E-state index contributed by atoms with van der Waals surface area (Å²) in [6, 6.07) is 13.7. The summed E-state index contributed by atoms with van der Waals surface area (Å²) < 4.78 is 7.41. The average molecular weight is 347 g/mol. The minimum Gasteiger partial charge on any atom is -0.443 e. The van der Waals surface area contributed by atoms with Gasteiger partial charge in [0.25, 0.3) is 5.91 Å². The fourth-order valence-electron chi connectivity index (χ4n) is 3.01. The molecule has 1 aromatic carbocycles. The van der Waals surface area contributed by atoms with E-state index in [1.807, 2.05) is 50.2 Å². The van der Waals surface area contributed by atoms with Crippen LogP contribution in [0.2, 0.25) is 0 Å². The molecule has 3 rings (SSSR count). The maximum Gasteiger partial charge on any atom is 0.256 e. The van der Waals surface area contributed by atoms with Crippen LogP contribution < -0.4 is 5.32 Å². The van der Waals surface area contributed by atoms with E-state index in [2.05, 4.69) is 11.4 Å². The van der Waals surface area contributed by atoms with Crippen LogP contribution in [0.25, 0.3) is 5.88 Å². The second-order valence-corrected chi connectivity index (χ2v) is 6.26. The maximum absolute atomic E-state index is 12.9. The molecule has 0 saturated carbocycles. The standard InChI is InChI=1S/C21H21N3O2/c1-4-18(16-9-7-14(2)8-10-16)23-20(25)19-15(3)26-21(17(19)13-22)24-11-5-6-12-24/h5-12,18H,4H2,1-3H3,(H,23,25)/t18-/m1/s1. The largest absolute Gasteiger partial charge is 0.443 e. The summed E-state index contributed by atoms with van der Waals surface area (Å²) in [5.41, 5.74) is 2.75. The van der Waals surface area contributed by atoms with Crippen LogP contribution in [0, 0.1) is 25.2 Å². The first kappa shape index (κ1) is 17.6. The van der Waals surface area contributed by atoms with Gasteiger partial charge in [-0.05, 0) is 38.0 Å². The molecule has 132 valence electrons. The van der Waals surface area contributed by atoms with Crippen molar-refractivity contribution in [2.45, 2.75) is 33.2 Å². The lowest BCUT2D eigenvalue weighted by Crippen LogP contribution is -2.29. The number of rotatable bonds is 5. The molecular weight excluding hydrogens is 326 g/mol. The first-order valence-electron chi connectivity index (χ1n) is 8.59. The van der Waals surface area contributed by atoms with E-state index in [4.69, 9.17) is 4.42 Å². The van der Waals surface area contributed by atoms with Gasteiger partial charge in [-0.2, -0.15) is 5.26 Å². The Hall–Kier alpha value is -3.26. The fourth-order valence-corrected chi connectivity index (χ4v) is 3.01. The number of hydrogen-bond acceptors (Lipinski definition) is 3. The third kappa shape index (κ3) is 3.27. The van der Waals surface area contributed by atoms with Gasteiger partial charge in [0.1, 0.15) is 23.0 Å². The van der Waals surface area contributed by atoms with Crippen LogP contribution in [-0.2, 0) is 0 Å². The van der Waals surface area contributed by atoms with Crippen molar-refractivity contribution in [2.24, 2.45) is 0 Å². The third-order valence-electron chi connectivity index (χ3n) is 4.44. The summed E-state index contributed by atoms with van der Waals surface area (Å²) in [6.07, 6.45) is 4.31. The number of hydrogen-bond donors (Lipinski definition) is 1. The van der Waals surface area contributed by atoms with Crippen molar-refractivity contribution in [3.8, 4) is 12.0 Å². The molecule has 0 saturated heterocycles. The highest BCUT2D eigenvalue weighted by Crippen LogP contribution is 2.26. The quantitative estimate of drug-likeness (QED) is 0.742. The van der Waals surface area contributed by atoms with E-state index in [1.54, 1.807) is 23.9 Å². The number of amides is 1. The van der Waals surface area contributed by atoms with E-state index in [0.29, 0.717) is 17.2 Å². The molecule has 0 aliphatic heterocycles.